The van der Waals surface area contributed by atoms with Crippen molar-refractivity contribution in [2.24, 2.45) is 17.8 Å². The summed E-state index contributed by atoms with van der Waals surface area (Å²) in [5.74, 6) is 2.91. The molecule has 2 aliphatic rings. The highest BCUT2D eigenvalue weighted by Crippen LogP contribution is 2.60. The van der Waals surface area contributed by atoms with E-state index < -0.39 is 0 Å². The summed E-state index contributed by atoms with van der Waals surface area (Å²) < 4.78 is 5.21. The molecule has 2 saturated carbocycles. The normalized spacial score (nSPS) is 32.7. The van der Waals surface area contributed by atoms with Gasteiger partial charge in [0, 0.05) is 0 Å². The summed E-state index contributed by atoms with van der Waals surface area (Å²) in [4.78, 5) is 0. The summed E-state index contributed by atoms with van der Waals surface area (Å²) in [7, 11) is 1.67. The van der Waals surface area contributed by atoms with E-state index in [1.54, 1.807) is 7.11 Å². The SMILES string of the molecule is COc1cccc(C(O)C2C3CCCCC32)c1. The molecule has 3 atom stereocenters. The van der Waals surface area contributed by atoms with E-state index in [0.29, 0.717) is 5.92 Å². The molecule has 17 heavy (non-hydrogen) atoms. The average molecular weight is 232 g/mol. The van der Waals surface area contributed by atoms with Crippen LogP contribution in [0.4, 0.5) is 0 Å². The highest BCUT2D eigenvalue weighted by atomic mass is 16.5. The maximum Gasteiger partial charge on any atom is 0.119 e. The van der Waals surface area contributed by atoms with Gasteiger partial charge in [-0.1, -0.05) is 25.0 Å². The molecule has 92 valence electrons. The van der Waals surface area contributed by atoms with Crippen LogP contribution < -0.4 is 4.74 Å². The number of hydrogen-bond donors (Lipinski definition) is 1. The van der Waals surface area contributed by atoms with E-state index in [0.717, 1.165) is 23.1 Å². The summed E-state index contributed by atoms with van der Waals surface area (Å²) in [6, 6.07) is 7.87. The number of rotatable bonds is 3. The van der Waals surface area contributed by atoms with Gasteiger partial charge in [0.25, 0.3) is 0 Å². The van der Waals surface area contributed by atoms with E-state index in [-0.39, 0.29) is 6.10 Å². The van der Waals surface area contributed by atoms with Crippen LogP contribution in [-0.2, 0) is 0 Å². The van der Waals surface area contributed by atoms with E-state index in [2.05, 4.69) is 0 Å². The van der Waals surface area contributed by atoms with Crippen LogP contribution >= 0.6 is 0 Å². The Labute approximate surface area is 103 Å². The fourth-order valence-electron chi connectivity index (χ4n) is 3.56. The molecule has 0 amide bonds. The first kappa shape index (κ1) is 11.1. The molecule has 2 nitrogen and oxygen atoms in total. The van der Waals surface area contributed by atoms with Crippen LogP contribution in [0.2, 0.25) is 0 Å². The quantitative estimate of drug-likeness (QED) is 0.867. The van der Waals surface area contributed by atoms with E-state index in [4.69, 9.17) is 4.74 Å². The molecule has 1 N–H and O–H groups in total. The van der Waals surface area contributed by atoms with Gasteiger partial charge >= 0.3 is 0 Å². The lowest BCUT2D eigenvalue weighted by Crippen LogP contribution is -2.02. The molecular weight excluding hydrogens is 212 g/mol. The van der Waals surface area contributed by atoms with Gasteiger partial charge in [0.15, 0.2) is 0 Å². The first-order chi connectivity index (χ1) is 8.31. The topological polar surface area (TPSA) is 29.5 Å². The van der Waals surface area contributed by atoms with E-state index in [1.165, 1.54) is 25.7 Å². The summed E-state index contributed by atoms with van der Waals surface area (Å²) in [6.45, 7) is 0. The number of aliphatic hydroxyl groups excluding tert-OH is 1. The third-order valence-corrected chi connectivity index (χ3v) is 4.52. The van der Waals surface area contributed by atoms with Gasteiger partial charge in [0.05, 0.1) is 13.2 Å². The Hall–Kier alpha value is -1.02. The van der Waals surface area contributed by atoms with Crippen molar-refractivity contribution in [2.45, 2.75) is 31.8 Å². The number of hydrogen-bond acceptors (Lipinski definition) is 2. The van der Waals surface area contributed by atoms with Crippen LogP contribution in [0.5, 0.6) is 5.75 Å². The third kappa shape index (κ3) is 1.95. The first-order valence-electron chi connectivity index (χ1n) is 6.63. The number of fused-ring (bicyclic) bond motifs is 1. The van der Waals surface area contributed by atoms with Crippen LogP contribution in [0.3, 0.4) is 0 Å². The van der Waals surface area contributed by atoms with Crippen molar-refractivity contribution in [3.63, 3.8) is 0 Å². The van der Waals surface area contributed by atoms with Crippen LogP contribution in [0.25, 0.3) is 0 Å². The van der Waals surface area contributed by atoms with Crippen LogP contribution in [-0.4, -0.2) is 12.2 Å². The molecule has 2 aliphatic carbocycles. The molecule has 0 heterocycles. The van der Waals surface area contributed by atoms with E-state index in [1.807, 2.05) is 24.3 Å². The minimum absolute atomic E-state index is 0.293. The van der Waals surface area contributed by atoms with Crippen molar-refractivity contribution >= 4 is 0 Å². The summed E-state index contributed by atoms with van der Waals surface area (Å²) >= 11 is 0. The highest BCUT2D eigenvalue weighted by molar-refractivity contribution is 5.31. The van der Waals surface area contributed by atoms with Crippen molar-refractivity contribution in [1.29, 1.82) is 0 Å². The van der Waals surface area contributed by atoms with Crippen LogP contribution in [0.15, 0.2) is 24.3 Å². The van der Waals surface area contributed by atoms with Gasteiger partial charge in [0.1, 0.15) is 5.75 Å². The van der Waals surface area contributed by atoms with Gasteiger partial charge in [-0.2, -0.15) is 0 Å². The fourth-order valence-corrected chi connectivity index (χ4v) is 3.56. The lowest BCUT2D eigenvalue weighted by atomic mass is 10.0. The second kappa shape index (κ2) is 4.34. The summed E-state index contributed by atoms with van der Waals surface area (Å²) in [6.07, 6.45) is 5.04. The number of aliphatic hydroxyl groups is 1. The van der Waals surface area contributed by atoms with Crippen molar-refractivity contribution in [3.05, 3.63) is 29.8 Å². The zero-order valence-electron chi connectivity index (χ0n) is 10.3. The molecule has 1 aromatic carbocycles. The average Bonchev–Trinajstić information content (AvgIpc) is 3.12. The Balaban J connectivity index is 1.75. The van der Waals surface area contributed by atoms with Gasteiger partial charge < -0.3 is 9.84 Å². The number of benzene rings is 1. The minimum atomic E-state index is -0.293. The van der Waals surface area contributed by atoms with Crippen molar-refractivity contribution in [3.8, 4) is 5.75 Å². The van der Waals surface area contributed by atoms with Gasteiger partial charge in [0.2, 0.25) is 0 Å². The molecule has 0 saturated heterocycles. The Morgan fingerprint density at radius 2 is 1.94 bits per heavy atom. The highest BCUT2D eigenvalue weighted by Gasteiger charge is 2.54. The Morgan fingerprint density at radius 3 is 2.59 bits per heavy atom. The zero-order valence-corrected chi connectivity index (χ0v) is 10.3. The molecule has 0 bridgehead atoms. The van der Waals surface area contributed by atoms with Crippen molar-refractivity contribution < 1.29 is 9.84 Å². The van der Waals surface area contributed by atoms with Crippen molar-refractivity contribution in [1.82, 2.24) is 0 Å². The molecule has 2 heteroatoms. The van der Waals surface area contributed by atoms with Gasteiger partial charge in [-0.05, 0) is 48.3 Å². The van der Waals surface area contributed by atoms with E-state index in [9.17, 15) is 5.11 Å². The van der Waals surface area contributed by atoms with Crippen LogP contribution in [0.1, 0.15) is 37.4 Å². The second-order valence-electron chi connectivity index (χ2n) is 5.41. The second-order valence-corrected chi connectivity index (χ2v) is 5.41. The predicted molar refractivity (Wildman–Crippen MR) is 66.9 cm³/mol. The molecular formula is C15H20O2. The van der Waals surface area contributed by atoms with Crippen molar-refractivity contribution in [2.75, 3.05) is 7.11 Å². The number of methoxy groups -OCH3 is 1. The standard InChI is InChI=1S/C15H20O2/c1-17-11-6-4-5-10(9-11)15(16)14-12-7-2-3-8-13(12)14/h4-6,9,12-16H,2-3,7-8H2,1H3. The lowest BCUT2D eigenvalue weighted by molar-refractivity contribution is 0.142. The monoisotopic (exact) mass is 232 g/mol. The molecule has 3 rings (SSSR count). The maximum atomic E-state index is 10.5. The van der Waals surface area contributed by atoms with Gasteiger partial charge in [-0.25, -0.2) is 0 Å². The third-order valence-electron chi connectivity index (χ3n) is 4.52. The first-order valence-corrected chi connectivity index (χ1v) is 6.63. The fraction of sp³-hybridized carbons (Fsp3) is 0.600. The molecule has 0 radical (unpaired) electrons. The zero-order chi connectivity index (χ0) is 11.8. The predicted octanol–water partition coefficient (Wildman–Crippen LogP) is 3.16. The molecule has 0 aliphatic heterocycles. The Morgan fingerprint density at radius 1 is 1.24 bits per heavy atom. The molecule has 2 fully saturated rings. The molecule has 1 aromatic rings. The van der Waals surface area contributed by atoms with Gasteiger partial charge in [-0.3, -0.25) is 0 Å². The minimum Gasteiger partial charge on any atom is -0.497 e. The molecule has 3 unspecified atom stereocenters. The van der Waals surface area contributed by atoms with E-state index >= 15 is 0 Å². The largest absolute Gasteiger partial charge is 0.497 e. The molecule has 0 aromatic heterocycles. The molecule has 0 spiro atoms. The Kier molecular flexibility index (Phi) is 2.83. The summed E-state index contributed by atoms with van der Waals surface area (Å²) in [5.41, 5.74) is 1.02. The number of ether oxygens (including phenoxy) is 1. The summed E-state index contributed by atoms with van der Waals surface area (Å²) in [5, 5.41) is 10.5. The van der Waals surface area contributed by atoms with Gasteiger partial charge in [-0.15, -0.1) is 0 Å². The Bertz CT molecular complexity index is 390. The van der Waals surface area contributed by atoms with Crippen LogP contribution in [0, 0.1) is 17.8 Å². The maximum absolute atomic E-state index is 10.5. The lowest BCUT2D eigenvalue weighted by Gasteiger charge is -2.12. The smallest absolute Gasteiger partial charge is 0.119 e.